The van der Waals surface area contributed by atoms with Crippen LogP contribution in [0.3, 0.4) is 0 Å². The molecule has 0 spiro atoms. The van der Waals surface area contributed by atoms with Crippen LogP contribution in [0, 0.1) is 0 Å². The van der Waals surface area contributed by atoms with E-state index in [1.54, 1.807) is 49.6 Å². The molecule has 2 amide bonds. The second-order valence-corrected chi connectivity index (χ2v) is 6.71. The van der Waals surface area contributed by atoms with Crippen LogP contribution in [0.1, 0.15) is 33.6 Å². The lowest BCUT2D eigenvalue weighted by Crippen LogP contribution is -2.31. The highest BCUT2D eigenvalue weighted by Crippen LogP contribution is 2.20. The van der Waals surface area contributed by atoms with Crippen LogP contribution in [0.2, 0.25) is 0 Å². The van der Waals surface area contributed by atoms with Crippen LogP contribution in [-0.2, 0) is 9.47 Å². The average molecular weight is 398 g/mol. The van der Waals surface area contributed by atoms with E-state index in [1.807, 2.05) is 6.07 Å². The molecule has 0 aromatic heterocycles. The van der Waals surface area contributed by atoms with E-state index in [4.69, 9.17) is 14.2 Å². The maximum absolute atomic E-state index is 12.6. The fraction of sp³-hybridized carbons (Fsp3) is 0.364. The number of ether oxygens (including phenoxy) is 3. The van der Waals surface area contributed by atoms with E-state index in [9.17, 15) is 9.59 Å². The summed E-state index contributed by atoms with van der Waals surface area (Å²) in [6.45, 7) is 2.06. The van der Waals surface area contributed by atoms with Crippen LogP contribution in [-0.4, -0.2) is 51.4 Å². The molecule has 1 fully saturated rings. The normalized spacial score (nSPS) is 15.7. The van der Waals surface area contributed by atoms with Crippen LogP contribution in [0.5, 0.6) is 5.75 Å². The molecule has 3 rings (SSSR count). The van der Waals surface area contributed by atoms with E-state index in [-0.39, 0.29) is 17.9 Å². The number of methoxy groups -OCH3 is 1. The van der Waals surface area contributed by atoms with Crippen LogP contribution in [0.4, 0.5) is 5.69 Å². The van der Waals surface area contributed by atoms with Crippen molar-refractivity contribution in [3.05, 3.63) is 59.7 Å². The lowest BCUT2D eigenvalue weighted by Gasteiger charge is -2.12. The molecule has 154 valence electrons. The number of hydrogen-bond donors (Lipinski definition) is 2. The van der Waals surface area contributed by atoms with Gasteiger partial charge in [-0.25, -0.2) is 0 Å². The molecule has 0 radical (unpaired) electrons. The minimum atomic E-state index is -0.284. The number of rotatable bonds is 9. The van der Waals surface area contributed by atoms with Gasteiger partial charge in [-0.2, -0.15) is 0 Å². The van der Waals surface area contributed by atoms with E-state index in [0.29, 0.717) is 42.3 Å². The Balaban J connectivity index is 1.56. The molecule has 29 heavy (non-hydrogen) atoms. The molecule has 2 aromatic rings. The molecule has 0 bridgehead atoms. The summed E-state index contributed by atoms with van der Waals surface area (Å²) in [4.78, 5) is 24.9. The lowest BCUT2D eigenvalue weighted by molar-refractivity contribution is 0.0857. The maximum atomic E-state index is 12.6. The largest absolute Gasteiger partial charge is 0.490 e. The molecular weight excluding hydrogens is 372 g/mol. The van der Waals surface area contributed by atoms with Gasteiger partial charge in [0.05, 0.1) is 18.3 Å². The fourth-order valence-corrected chi connectivity index (χ4v) is 3.03. The SMILES string of the molecule is COCCOc1ccccc1C(=O)Nc1ccc(C(=O)NC[C@@H]2CCCO2)cc1. The zero-order chi connectivity index (χ0) is 20.5. The Morgan fingerprint density at radius 1 is 1.07 bits per heavy atom. The van der Waals surface area contributed by atoms with Gasteiger partial charge in [0.25, 0.3) is 11.8 Å². The highest BCUT2D eigenvalue weighted by Gasteiger charge is 2.17. The van der Waals surface area contributed by atoms with Crippen LogP contribution in [0.25, 0.3) is 0 Å². The summed E-state index contributed by atoms with van der Waals surface area (Å²) >= 11 is 0. The van der Waals surface area contributed by atoms with Crippen molar-refractivity contribution in [1.29, 1.82) is 0 Å². The first-order chi connectivity index (χ1) is 14.2. The highest BCUT2D eigenvalue weighted by molar-refractivity contribution is 6.06. The van der Waals surface area contributed by atoms with Crippen LogP contribution in [0.15, 0.2) is 48.5 Å². The van der Waals surface area contributed by atoms with Gasteiger partial charge in [0, 0.05) is 31.5 Å². The zero-order valence-electron chi connectivity index (χ0n) is 16.5. The zero-order valence-corrected chi connectivity index (χ0v) is 16.5. The third-order valence-corrected chi connectivity index (χ3v) is 4.60. The molecular formula is C22H26N2O5. The van der Waals surface area contributed by atoms with Crippen molar-refractivity contribution in [3.8, 4) is 5.75 Å². The van der Waals surface area contributed by atoms with E-state index in [1.165, 1.54) is 0 Å². The molecule has 1 heterocycles. The monoisotopic (exact) mass is 398 g/mol. The average Bonchev–Trinajstić information content (AvgIpc) is 3.27. The molecule has 7 nitrogen and oxygen atoms in total. The highest BCUT2D eigenvalue weighted by atomic mass is 16.5. The fourth-order valence-electron chi connectivity index (χ4n) is 3.03. The predicted octanol–water partition coefficient (Wildman–Crippen LogP) is 2.87. The standard InChI is InChI=1S/C22H26N2O5/c1-27-13-14-29-20-7-3-2-6-19(20)22(26)24-17-10-8-16(9-11-17)21(25)23-15-18-5-4-12-28-18/h2-3,6-11,18H,4-5,12-15H2,1H3,(H,23,25)(H,24,26)/t18-/m0/s1. The molecule has 1 aliphatic rings. The van der Waals surface area contributed by atoms with Crippen LogP contribution >= 0.6 is 0 Å². The summed E-state index contributed by atoms with van der Waals surface area (Å²) < 4.78 is 16.1. The number of hydrogen-bond acceptors (Lipinski definition) is 5. The van der Waals surface area contributed by atoms with Gasteiger partial charge in [0.15, 0.2) is 0 Å². The lowest BCUT2D eigenvalue weighted by atomic mass is 10.1. The predicted molar refractivity (Wildman–Crippen MR) is 110 cm³/mol. The van der Waals surface area contributed by atoms with Gasteiger partial charge in [0.1, 0.15) is 12.4 Å². The van der Waals surface area contributed by atoms with E-state index < -0.39 is 0 Å². The van der Waals surface area contributed by atoms with Crippen molar-refractivity contribution < 1.29 is 23.8 Å². The molecule has 0 saturated carbocycles. The first kappa shape index (κ1) is 20.8. The van der Waals surface area contributed by atoms with Gasteiger partial charge in [-0.3, -0.25) is 9.59 Å². The summed E-state index contributed by atoms with van der Waals surface area (Å²) in [6, 6.07) is 13.8. The molecule has 7 heteroatoms. The molecule has 0 unspecified atom stereocenters. The van der Waals surface area contributed by atoms with E-state index in [0.717, 1.165) is 19.4 Å². The first-order valence-electron chi connectivity index (χ1n) is 9.69. The third-order valence-electron chi connectivity index (χ3n) is 4.60. The Labute approximate surface area is 170 Å². The molecule has 1 aliphatic heterocycles. The number of amides is 2. The quantitative estimate of drug-likeness (QED) is 0.635. The number of carbonyl (C=O) groups is 2. The van der Waals surface area contributed by atoms with Crippen molar-refractivity contribution in [2.24, 2.45) is 0 Å². The van der Waals surface area contributed by atoms with Gasteiger partial charge in [-0.15, -0.1) is 0 Å². The Hall–Kier alpha value is -2.90. The number of carbonyl (C=O) groups excluding carboxylic acids is 2. The molecule has 0 aliphatic carbocycles. The van der Waals surface area contributed by atoms with Crippen LogP contribution < -0.4 is 15.4 Å². The molecule has 2 aromatic carbocycles. The van der Waals surface area contributed by atoms with Crippen molar-refractivity contribution in [3.63, 3.8) is 0 Å². The van der Waals surface area contributed by atoms with Gasteiger partial charge in [0.2, 0.25) is 0 Å². The summed E-state index contributed by atoms with van der Waals surface area (Å²) in [7, 11) is 1.59. The third kappa shape index (κ3) is 6.04. The first-order valence-corrected chi connectivity index (χ1v) is 9.69. The Morgan fingerprint density at radius 3 is 2.59 bits per heavy atom. The summed E-state index contributed by atoms with van der Waals surface area (Å²) in [5.41, 5.74) is 1.56. The van der Waals surface area contributed by atoms with E-state index >= 15 is 0 Å². The number of benzene rings is 2. The van der Waals surface area contributed by atoms with Gasteiger partial charge in [-0.1, -0.05) is 12.1 Å². The summed E-state index contributed by atoms with van der Waals surface area (Å²) in [6.07, 6.45) is 2.11. The summed E-state index contributed by atoms with van der Waals surface area (Å²) in [5, 5.41) is 5.71. The Kier molecular flexibility index (Phi) is 7.61. The molecule has 1 saturated heterocycles. The second kappa shape index (κ2) is 10.6. The topological polar surface area (TPSA) is 85.9 Å². The number of nitrogens with one attached hydrogen (secondary N) is 2. The number of anilines is 1. The van der Waals surface area contributed by atoms with Crippen molar-refractivity contribution in [2.75, 3.05) is 38.8 Å². The maximum Gasteiger partial charge on any atom is 0.259 e. The summed E-state index contributed by atoms with van der Waals surface area (Å²) in [5.74, 6) is 0.0519. The smallest absolute Gasteiger partial charge is 0.259 e. The van der Waals surface area contributed by atoms with Crippen molar-refractivity contribution >= 4 is 17.5 Å². The minimum Gasteiger partial charge on any atom is -0.490 e. The molecule has 1 atom stereocenters. The second-order valence-electron chi connectivity index (χ2n) is 6.71. The Bertz CT molecular complexity index is 816. The van der Waals surface area contributed by atoms with Crippen molar-refractivity contribution in [1.82, 2.24) is 5.32 Å². The van der Waals surface area contributed by atoms with Crippen molar-refractivity contribution in [2.45, 2.75) is 18.9 Å². The van der Waals surface area contributed by atoms with E-state index in [2.05, 4.69) is 10.6 Å². The molecule has 2 N–H and O–H groups in total. The van der Waals surface area contributed by atoms with Gasteiger partial charge in [-0.05, 0) is 49.2 Å². The minimum absolute atomic E-state index is 0.101. The van der Waals surface area contributed by atoms with Gasteiger partial charge < -0.3 is 24.8 Å². The number of para-hydroxylation sites is 1. The van der Waals surface area contributed by atoms with Gasteiger partial charge >= 0.3 is 0 Å². The Morgan fingerprint density at radius 2 is 1.86 bits per heavy atom.